The van der Waals surface area contributed by atoms with Gasteiger partial charge in [0.25, 0.3) is 0 Å². The van der Waals surface area contributed by atoms with Gasteiger partial charge in [0.1, 0.15) is 18.2 Å². The number of benzene rings is 1. The molecule has 0 spiro atoms. The Hall–Kier alpha value is -2.01. The molecule has 1 unspecified atom stereocenters. The predicted octanol–water partition coefficient (Wildman–Crippen LogP) is 5.05. The molecule has 2 aromatic rings. The minimum absolute atomic E-state index is 0.0253. The zero-order valence-corrected chi connectivity index (χ0v) is 16.5. The Kier molecular flexibility index (Phi) is 6.34. The third kappa shape index (κ3) is 4.79. The van der Waals surface area contributed by atoms with Gasteiger partial charge in [0, 0.05) is 28.9 Å². The number of rotatable bonds is 5. The first kappa shape index (κ1) is 20.3. The molecule has 1 aromatic carbocycles. The number of ether oxygens (including phenoxy) is 1. The molecule has 140 valence electrons. The van der Waals surface area contributed by atoms with Gasteiger partial charge in [-0.15, -0.1) is 0 Å². The number of esters is 1. The van der Waals surface area contributed by atoms with Crippen molar-refractivity contribution in [1.29, 1.82) is 0 Å². The van der Waals surface area contributed by atoms with Crippen molar-refractivity contribution in [2.24, 2.45) is 5.92 Å². The maximum Gasteiger partial charge on any atom is 0.314 e. The molecule has 0 aliphatic rings. The SMILES string of the molecule is CC(C)C(C(=O)OCc1c(F)cccc1Cl)c1cnc(C(C)(C)C)nc1. The molecule has 0 saturated carbocycles. The summed E-state index contributed by atoms with van der Waals surface area (Å²) in [5.41, 5.74) is 0.676. The Morgan fingerprint density at radius 3 is 2.35 bits per heavy atom. The number of carbonyl (C=O) groups excluding carboxylic acids is 1. The second-order valence-corrected chi connectivity index (χ2v) is 8.03. The highest BCUT2D eigenvalue weighted by molar-refractivity contribution is 6.31. The molecule has 1 atom stereocenters. The Labute approximate surface area is 158 Å². The fourth-order valence-electron chi connectivity index (χ4n) is 2.58. The summed E-state index contributed by atoms with van der Waals surface area (Å²) in [6, 6.07) is 4.36. The Morgan fingerprint density at radius 1 is 1.23 bits per heavy atom. The number of aromatic nitrogens is 2. The van der Waals surface area contributed by atoms with Crippen LogP contribution in [-0.2, 0) is 21.6 Å². The van der Waals surface area contributed by atoms with Crippen molar-refractivity contribution in [1.82, 2.24) is 9.97 Å². The molecular formula is C20H24ClFN2O2. The van der Waals surface area contributed by atoms with E-state index in [2.05, 4.69) is 9.97 Å². The van der Waals surface area contributed by atoms with E-state index in [1.165, 1.54) is 12.1 Å². The molecule has 2 rings (SSSR count). The molecule has 0 radical (unpaired) electrons. The third-order valence-electron chi connectivity index (χ3n) is 4.04. The minimum Gasteiger partial charge on any atom is -0.460 e. The zero-order valence-electron chi connectivity index (χ0n) is 15.7. The van der Waals surface area contributed by atoms with E-state index in [4.69, 9.17) is 16.3 Å². The maximum absolute atomic E-state index is 13.8. The molecular weight excluding hydrogens is 355 g/mol. The van der Waals surface area contributed by atoms with Crippen LogP contribution < -0.4 is 0 Å². The lowest BCUT2D eigenvalue weighted by molar-refractivity contribution is -0.148. The van der Waals surface area contributed by atoms with Gasteiger partial charge in [0.2, 0.25) is 0 Å². The largest absolute Gasteiger partial charge is 0.460 e. The van der Waals surface area contributed by atoms with E-state index in [1.807, 2.05) is 34.6 Å². The summed E-state index contributed by atoms with van der Waals surface area (Å²) in [4.78, 5) is 21.4. The maximum atomic E-state index is 13.8. The fourth-order valence-corrected chi connectivity index (χ4v) is 2.80. The van der Waals surface area contributed by atoms with Gasteiger partial charge in [0.05, 0.1) is 10.9 Å². The van der Waals surface area contributed by atoms with E-state index in [1.54, 1.807) is 18.5 Å². The van der Waals surface area contributed by atoms with Crippen LogP contribution in [0, 0.1) is 11.7 Å². The third-order valence-corrected chi connectivity index (χ3v) is 4.40. The number of carbonyl (C=O) groups is 1. The standard InChI is InChI=1S/C20H24ClFN2O2/c1-12(2)17(13-9-23-19(24-10-13)20(3,4)5)18(25)26-11-14-15(21)7-6-8-16(14)22/h6-10,12,17H,11H2,1-5H3. The molecule has 6 heteroatoms. The summed E-state index contributed by atoms with van der Waals surface area (Å²) < 4.78 is 19.2. The lowest BCUT2D eigenvalue weighted by Crippen LogP contribution is -2.23. The van der Waals surface area contributed by atoms with Gasteiger partial charge in [-0.25, -0.2) is 14.4 Å². The lowest BCUT2D eigenvalue weighted by Gasteiger charge is -2.21. The van der Waals surface area contributed by atoms with Crippen molar-refractivity contribution < 1.29 is 13.9 Å². The molecule has 26 heavy (non-hydrogen) atoms. The van der Waals surface area contributed by atoms with E-state index in [0.29, 0.717) is 11.4 Å². The summed E-state index contributed by atoms with van der Waals surface area (Å²) in [7, 11) is 0. The quantitative estimate of drug-likeness (QED) is 0.683. The molecule has 0 aliphatic heterocycles. The van der Waals surface area contributed by atoms with Gasteiger partial charge in [-0.3, -0.25) is 4.79 Å². The molecule has 0 amide bonds. The van der Waals surface area contributed by atoms with Crippen molar-refractivity contribution in [2.45, 2.75) is 52.6 Å². The molecule has 1 aromatic heterocycles. The van der Waals surface area contributed by atoms with Crippen molar-refractivity contribution in [2.75, 3.05) is 0 Å². The highest BCUT2D eigenvalue weighted by atomic mass is 35.5. The first-order valence-electron chi connectivity index (χ1n) is 8.53. The molecule has 4 nitrogen and oxygen atoms in total. The number of hydrogen-bond acceptors (Lipinski definition) is 4. The van der Waals surface area contributed by atoms with Crippen molar-refractivity contribution in [3.8, 4) is 0 Å². The predicted molar refractivity (Wildman–Crippen MR) is 99.5 cm³/mol. The Morgan fingerprint density at radius 2 is 1.85 bits per heavy atom. The van der Waals surface area contributed by atoms with Gasteiger partial charge in [-0.2, -0.15) is 0 Å². The van der Waals surface area contributed by atoms with E-state index in [9.17, 15) is 9.18 Å². The molecule has 0 aliphatic carbocycles. The second kappa shape index (κ2) is 8.12. The summed E-state index contributed by atoms with van der Waals surface area (Å²) in [5.74, 6) is -0.803. The fraction of sp³-hybridized carbons (Fsp3) is 0.450. The van der Waals surface area contributed by atoms with Crippen LogP contribution in [0.25, 0.3) is 0 Å². The van der Waals surface area contributed by atoms with Crippen LogP contribution in [0.4, 0.5) is 4.39 Å². The normalized spacial score (nSPS) is 12.9. The smallest absolute Gasteiger partial charge is 0.314 e. The van der Waals surface area contributed by atoms with Crippen LogP contribution in [0.1, 0.15) is 57.5 Å². The minimum atomic E-state index is -0.533. The monoisotopic (exact) mass is 378 g/mol. The van der Waals surface area contributed by atoms with Gasteiger partial charge < -0.3 is 4.74 Å². The van der Waals surface area contributed by atoms with Crippen molar-refractivity contribution in [3.05, 3.63) is 58.4 Å². The van der Waals surface area contributed by atoms with Gasteiger partial charge in [-0.05, 0) is 18.1 Å². The van der Waals surface area contributed by atoms with Gasteiger partial charge >= 0.3 is 5.97 Å². The summed E-state index contributed by atoms with van der Waals surface area (Å²) >= 11 is 5.98. The molecule has 1 heterocycles. The highest BCUT2D eigenvalue weighted by Crippen LogP contribution is 2.28. The topological polar surface area (TPSA) is 52.1 Å². The van der Waals surface area contributed by atoms with E-state index in [0.717, 1.165) is 0 Å². The highest BCUT2D eigenvalue weighted by Gasteiger charge is 2.28. The lowest BCUT2D eigenvalue weighted by atomic mass is 9.89. The Bertz CT molecular complexity index is 750. The average molecular weight is 379 g/mol. The molecule has 0 fully saturated rings. The molecule has 0 saturated heterocycles. The van der Waals surface area contributed by atoms with Gasteiger partial charge in [0.15, 0.2) is 0 Å². The second-order valence-electron chi connectivity index (χ2n) is 7.62. The molecule has 0 N–H and O–H groups in total. The van der Waals surface area contributed by atoms with E-state index < -0.39 is 17.7 Å². The van der Waals surface area contributed by atoms with Crippen LogP contribution in [0.5, 0.6) is 0 Å². The van der Waals surface area contributed by atoms with Crippen LogP contribution in [-0.4, -0.2) is 15.9 Å². The van der Waals surface area contributed by atoms with E-state index >= 15 is 0 Å². The van der Waals surface area contributed by atoms with Gasteiger partial charge in [-0.1, -0.05) is 52.3 Å². The van der Waals surface area contributed by atoms with Crippen molar-refractivity contribution in [3.63, 3.8) is 0 Å². The van der Waals surface area contributed by atoms with E-state index in [-0.39, 0.29) is 28.5 Å². The zero-order chi connectivity index (χ0) is 19.5. The number of nitrogens with zero attached hydrogens (tertiary/aromatic N) is 2. The summed E-state index contributed by atoms with van der Waals surface area (Å²) in [5, 5.41) is 0.233. The van der Waals surface area contributed by atoms with Crippen LogP contribution >= 0.6 is 11.6 Å². The summed E-state index contributed by atoms with van der Waals surface area (Å²) in [6.45, 7) is 9.69. The first-order valence-corrected chi connectivity index (χ1v) is 8.91. The van der Waals surface area contributed by atoms with Crippen molar-refractivity contribution >= 4 is 17.6 Å². The van der Waals surface area contributed by atoms with Crippen LogP contribution in [0.15, 0.2) is 30.6 Å². The number of hydrogen-bond donors (Lipinski definition) is 0. The van der Waals surface area contributed by atoms with Crippen LogP contribution in [0.3, 0.4) is 0 Å². The average Bonchev–Trinajstić information content (AvgIpc) is 2.54. The number of halogens is 2. The first-order chi connectivity index (χ1) is 12.1. The summed E-state index contributed by atoms with van der Waals surface area (Å²) in [6.07, 6.45) is 3.32. The van der Waals surface area contributed by atoms with Crippen LogP contribution in [0.2, 0.25) is 5.02 Å². The molecule has 0 bridgehead atoms. The Balaban J connectivity index is 2.18.